The molecule has 0 unspecified atom stereocenters. The van der Waals surface area contributed by atoms with Gasteiger partial charge in [-0.15, -0.1) is 11.3 Å². The number of nitrogens with zero attached hydrogens (tertiary/aromatic N) is 2. The second-order valence-corrected chi connectivity index (χ2v) is 6.80. The van der Waals surface area contributed by atoms with Crippen molar-refractivity contribution < 1.29 is 8.78 Å². The highest BCUT2D eigenvalue weighted by molar-refractivity contribution is 7.13. The molecule has 1 aliphatic rings. The number of halogens is 2. The number of aromatic nitrogens is 2. The minimum atomic E-state index is -2.51. The van der Waals surface area contributed by atoms with Crippen LogP contribution in [0.5, 0.6) is 0 Å². The minimum Gasteiger partial charge on any atom is -0.388 e. The van der Waals surface area contributed by atoms with Crippen molar-refractivity contribution in [2.75, 3.05) is 17.7 Å². The fourth-order valence-electron chi connectivity index (χ4n) is 2.72. The summed E-state index contributed by atoms with van der Waals surface area (Å²) < 4.78 is 26.5. The van der Waals surface area contributed by atoms with Crippen molar-refractivity contribution in [3.8, 4) is 10.7 Å². The van der Waals surface area contributed by atoms with E-state index < -0.39 is 5.92 Å². The zero-order valence-corrected chi connectivity index (χ0v) is 14.0. The number of aryl methyl sites for hydroxylation is 1. The Bertz CT molecular complexity index is 676. The summed E-state index contributed by atoms with van der Waals surface area (Å²) in [7, 11) is 1.84. The summed E-state index contributed by atoms with van der Waals surface area (Å²) >= 11 is 1.55. The first kappa shape index (κ1) is 16.1. The maximum Gasteiger partial charge on any atom is 0.248 e. The van der Waals surface area contributed by atoms with Gasteiger partial charge in [-0.2, -0.15) is 0 Å². The summed E-state index contributed by atoms with van der Waals surface area (Å²) in [5.41, 5.74) is 2.68. The molecule has 0 aromatic carbocycles. The average molecular weight is 338 g/mol. The predicted molar refractivity (Wildman–Crippen MR) is 90.5 cm³/mol. The molecule has 0 aliphatic heterocycles. The summed E-state index contributed by atoms with van der Waals surface area (Å²) in [5, 5.41) is 9.26. The van der Waals surface area contributed by atoms with Gasteiger partial charge in [0.05, 0.1) is 0 Å². The van der Waals surface area contributed by atoms with Crippen LogP contribution in [-0.2, 0) is 0 Å². The third-order valence-corrected chi connectivity index (χ3v) is 5.00. The fourth-order valence-corrected chi connectivity index (χ4v) is 3.48. The van der Waals surface area contributed by atoms with Crippen LogP contribution in [-0.4, -0.2) is 29.0 Å². The van der Waals surface area contributed by atoms with E-state index in [0.29, 0.717) is 18.7 Å². The summed E-state index contributed by atoms with van der Waals surface area (Å²) in [6, 6.07) is 3.88. The highest BCUT2D eigenvalue weighted by atomic mass is 32.1. The zero-order valence-electron chi connectivity index (χ0n) is 13.2. The molecule has 23 heavy (non-hydrogen) atoms. The molecule has 0 spiro atoms. The van der Waals surface area contributed by atoms with Crippen molar-refractivity contribution in [2.24, 2.45) is 0 Å². The zero-order chi connectivity index (χ0) is 16.4. The van der Waals surface area contributed by atoms with Crippen LogP contribution in [0.2, 0.25) is 0 Å². The summed E-state index contributed by atoms with van der Waals surface area (Å²) in [6.07, 6.45) is 0.804. The van der Waals surface area contributed by atoms with Gasteiger partial charge in [-0.3, -0.25) is 0 Å². The van der Waals surface area contributed by atoms with Crippen LogP contribution in [0.1, 0.15) is 31.4 Å². The van der Waals surface area contributed by atoms with E-state index in [0.717, 1.165) is 22.1 Å². The molecule has 0 saturated heterocycles. The van der Waals surface area contributed by atoms with Crippen LogP contribution in [0.25, 0.3) is 10.7 Å². The van der Waals surface area contributed by atoms with Crippen molar-refractivity contribution in [3.05, 3.63) is 23.2 Å². The van der Waals surface area contributed by atoms with E-state index in [4.69, 9.17) is 0 Å². The molecule has 0 radical (unpaired) electrons. The van der Waals surface area contributed by atoms with E-state index in [1.54, 1.807) is 11.3 Å². The topological polar surface area (TPSA) is 49.8 Å². The van der Waals surface area contributed by atoms with Crippen molar-refractivity contribution in [3.63, 3.8) is 0 Å². The smallest absolute Gasteiger partial charge is 0.248 e. The number of pyridine rings is 1. The van der Waals surface area contributed by atoms with Crippen LogP contribution >= 0.6 is 11.3 Å². The molecular formula is C16H20F2N4S. The van der Waals surface area contributed by atoms with Gasteiger partial charge in [0.2, 0.25) is 5.92 Å². The van der Waals surface area contributed by atoms with E-state index in [-0.39, 0.29) is 18.9 Å². The van der Waals surface area contributed by atoms with Gasteiger partial charge >= 0.3 is 0 Å². The molecule has 1 saturated carbocycles. The Morgan fingerprint density at radius 3 is 2.57 bits per heavy atom. The lowest BCUT2D eigenvalue weighted by molar-refractivity contribution is -0.0361. The van der Waals surface area contributed by atoms with E-state index in [9.17, 15) is 8.78 Å². The number of hydrogen-bond donors (Lipinski definition) is 2. The Hall–Kier alpha value is -1.76. The van der Waals surface area contributed by atoms with Gasteiger partial charge in [-0.05, 0) is 25.8 Å². The Kier molecular flexibility index (Phi) is 4.48. The SMILES string of the molecule is CNc1cc(NC2CCC(F)(F)CC2)nc(-c2nc(C)cs2)c1. The van der Waals surface area contributed by atoms with Gasteiger partial charge in [0.1, 0.15) is 16.5 Å². The van der Waals surface area contributed by atoms with Gasteiger partial charge < -0.3 is 10.6 Å². The summed E-state index contributed by atoms with van der Waals surface area (Å²) in [6.45, 7) is 1.95. The third kappa shape index (κ3) is 3.96. The van der Waals surface area contributed by atoms with Crippen molar-refractivity contribution in [1.82, 2.24) is 9.97 Å². The van der Waals surface area contributed by atoms with Gasteiger partial charge in [0, 0.05) is 48.8 Å². The molecule has 2 N–H and O–H groups in total. The Balaban J connectivity index is 1.79. The summed E-state index contributed by atoms with van der Waals surface area (Å²) in [4.78, 5) is 9.07. The highest BCUT2D eigenvalue weighted by Gasteiger charge is 2.34. The first-order chi connectivity index (χ1) is 10.9. The Labute approximate surface area is 138 Å². The van der Waals surface area contributed by atoms with Gasteiger partial charge in [0.25, 0.3) is 0 Å². The Morgan fingerprint density at radius 2 is 1.96 bits per heavy atom. The second kappa shape index (κ2) is 6.39. The van der Waals surface area contributed by atoms with E-state index in [1.807, 2.05) is 31.5 Å². The maximum atomic E-state index is 13.3. The number of nitrogens with one attached hydrogen (secondary N) is 2. The number of alkyl halides is 2. The highest BCUT2D eigenvalue weighted by Crippen LogP contribution is 2.34. The lowest BCUT2D eigenvalue weighted by Crippen LogP contribution is -2.32. The molecule has 4 nitrogen and oxygen atoms in total. The molecule has 2 heterocycles. The largest absolute Gasteiger partial charge is 0.388 e. The molecular weight excluding hydrogens is 318 g/mol. The van der Waals surface area contributed by atoms with E-state index >= 15 is 0 Å². The molecule has 1 fully saturated rings. The molecule has 0 atom stereocenters. The lowest BCUT2D eigenvalue weighted by Gasteiger charge is -2.29. The van der Waals surface area contributed by atoms with Crippen LogP contribution in [0.3, 0.4) is 0 Å². The molecule has 2 aromatic heterocycles. The first-order valence-electron chi connectivity index (χ1n) is 7.72. The van der Waals surface area contributed by atoms with Gasteiger partial charge in [0.15, 0.2) is 0 Å². The molecule has 0 amide bonds. The first-order valence-corrected chi connectivity index (χ1v) is 8.60. The van der Waals surface area contributed by atoms with Crippen LogP contribution in [0, 0.1) is 6.92 Å². The van der Waals surface area contributed by atoms with Crippen LogP contribution < -0.4 is 10.6 Å². The van der Waals surface area contributed by atoms with Crippen molar-refractivity contribution >= 4 is 22.8 Å². The third-order valence-electron chi connectivity index (χ3n) is 4.02. The predicted octanol–water partition coefficient (Wildman–Crippen LogP) is 4.55. The molecule has 3 rings (SSSR count). The summed E-state index contributed by atoms with van der Waals surface area (Å²) in [5.74, 6) is -1.81. The van der Waals surface area contributed by atoms with Crippen molar-refractivity contribution in [2.45, 2.75) is 44.6 Å². The second-order valence-electron chi connectivity index (χ2n) is 5.94. The van der Waals surface area contributed by atoms with Gasteiger partial charge in [-0.25, -0.2) is 18.7 Å². The molecule has 0 bridgehead atoms. The molecule has 124 valence electrons. The van der Waals surface area contributed by atoms with Crippen LogP contribution in [0.4, 0.5) is 20.3 Å². The lowest BCUT2D eigenvalue weighted by atomic mass is 9.92. The fraction of sp³-hybridized carbons (Fsp3) is 0.500. The number of hydrogen-bond acceptors (Lipinski definition) is 5. The molecule has 2 aromatic rings. The monoisotopic (exact) mass is 338 g/mol. The molecule has 7 heteroatoms. The maximum absolute atomic E-state index is 13.3. The normalized spacial score (nSPS) is 17.9. The Morgan fingerprint density at radius 1 is 1.22 bits per heavy atom. The van der Waals surface area contributed by atoms with Gasteiger partial charge in [-0.1, -0.05) is 0 Å². The molecule has 1 aliphatic carbocycles. The minimum absolute atomic E-state index is 0.0418. The quantitative estimate of drug-likeness (QED) is 0.859. The van der Waals surface area contributed by atoms with Crippen LogP contribution in [0.15, 0.2) is 17.5 Å². The average Bonchev–Trinajstić information content (AvgIpc) is 2.96. The van der Waals surface area contributed by atoms with E-state index in [2.05, 4.69) is 20.6 Å². The van der Waals surface area contributed by atoms with E-state index in [1.165, 1.54) is 0 Å². The number of rotatable bonds is 4. The van der Waals surface area contributed by atoms with Crippen molar-refractivity contribution in [1.29, 1.82) is 0 Å². The standard InChI is InChI=1S/C16H20F2N4S/c1-10-9-23-15(20-10)13-7-12(19-2)8-14(22-13)21-11-3-5-16(17,18)6-4-11/h7-9,11H,3-6H2,1-2H3,(H2,19,21,22). The number of thiazole rings is 1. The number of anilines is 2.